The number of para-hydroxylation sites is 2. The average molecular weight is 370 g/mol. The number of anilines is 2. The second-order valence-corrected chi connectivity index (χ2v) is 12.2. The Hall–Kier alpha value is -1.54. The Kier molecular flexibility index (Phi) is 5.01. The molecule has 2 N–H and O–H groups in total. The molecule has 1 heterocycles. The first-order chi connectivity index (χ1) is 10.9. The first-order valence-electron chi connectivity index (χ1n) is 7.56. The third-order valence-corrected chi connectivity index (χ3v) is 9.34. The van der Waals surface area contributed by atoms with Gasteiger partial charge < -0.3 is 10.6 Å². The Morgan fingerprint density at radius 3 is 1.88 bits per heavy atom. The Morgan fingerprint density at radius 1 is 0.917 bits per heavy atom. The Balaban J connectivity index is 2.48. The zero-order chi connectivity index (χ0) is 18.2. The minimum absolute atomic E-state index is 0.0370. The van der Waals surface area contributed by atoms with E-state index in [4.69, 9.17) is 0 Å². The fraction of sp³-hybridized carbons (Fsp3) is 0.500. The van der Waals surface area contributed by atoms with E-state index in [0.29, 0.717) is 11.4 Å². The standard InChI is InChI=1S/C16H22N2O4S2/c1-15(2)9-13(19)17-11-7-5-6-8-12(11)18-14(20)10-16(3,4)24(21,22)23-15/h5-8H,9-10H2,1-4H3,(H,17,19)(H,18,20). The highest BCUT2D eigenvalue weighted by atomic mass is 33.1. The molecule has 1 aromatic carbocycles. The van der Waals surface area contributed by atoms with Gasteiger partial charge in [-0.15, -0.1) is 0 Å². The van der Waals surface area contributed by atoms with E-state index in [2.05, 4.69) is 10.6 Å². The van der Waals surface area contributed by atoms with Crippen LogP contribution in [0.15, 0.2) is 24.3 Å². The Bertz CT molecular complexity index is 770. The fourth-order valence-electron chi connectivity index (χ4n) is 2.39. The predicted octanol–water partition coefficient (Wildman–Crippen LogP) is 2.98. The first-order valence-corrected chi connectivity index (χ1v) is 10.4. The van der Waals surface area contributed by atoms with Crippen LogP contribution in [0.1, 0.15) is 40.5 Å². The Morgan fingerprint density at radius 2 is 1.38 bits per heavy atom. The lowest BCUT2D eigenvalue weighted by atomic mass is 10.1. The predicted molar refractivity (Wildman–Crippen MR) is 97.6 cm³/mol. The zero-order valence-corrected chi connectivity index (χ0v) is 15.8. The number of hydrogen-bond acceptors (Lipinski definition) is 5. The molecule has 0 saturated heterocycles. The second kappa shape index (κ2) is 6.40. The van der Waals surface area contributed by atoms with Crippen LogP contribution in [0.2, 0.25) is 0 Å². The highest BCUT2D eigenvalue weighted by molar-refractivity contribution is 8.73. The molecule has 0 fully saturated rings. The summed E-state index contributed by atoms with van der Waals surface area (Å²) < 4.78 is 23.3. The maximum absolute atomic E-state index is 12.7. The maximum atomic E-state index is 12.7. The summed E-state index contributed by atoms with van der Waals surface area (Å²) in [4.78, 5) is 24.6. The minimum Gasteiger partial charge on any atom is -0.324 e. The molecule has 132 valence electrons. The molecular formula is C16H22N2O4S2. The molecule has 0 unspecified atom stereocenters. The average Bonchev–Trinajstić information content (AvgIpc) is 2.36. The number of rotatable bonds is 0. The summed E-state index contributed by atoms with van der Waals surface area (Å²) in [6.07, 6.45) is -0.129. The van der Waals surface area contributed by atoms with Crippen molar-refractivity contribution in [3.8, 4) is 0 Å². The molecule has 24 heavy (non-hydrogen) atoms. The summed E-state index contributed by atoms with van der Waals surface area (Å²) in [6.45, 7) is 6.48. The Labute approximate surface area is 146 Å². The van der Waals surface area contributed by atoms with Crippen molar-refractivity contribution >= 4 is 42.9 Å². The number of amides is 2. The number of nitrogens with one attached hydrogen (secondary N) is 2. The summed E-state index contributed by atoms with van der Waals surface area (Å²) in [5, 5.41) is 5.43. The quantitative estimate of drug-likeness (QED) is 0.685. The van der Waals surface area contributed by atoms with Gasteiger partial charge in [-0.1, -0.05) is 12.1 Å². The molecule has 1 aliphatic rings. The molecule has 0 saturated carbocycles. The number of carbonyl (C=O) groups excluding carboxylic acids is 2. The number of fused-ring (bicyclic) bond motifs is 1. The first kappa shape index (κ1) is 18.8. The van der Waals surface area contributed by atoms with Crippen molar-refractivity contribution in [3.63, 3.8) is 0 Å². The summed E-state index contributed by atoms with van der Waals surface area (Å²) in [5.41, 5.74) is 0.952. The molecule has 0 bridgehead atoms. The van der Waals surface area contributed by atoms with Gasteiger partial charge in [0.15, 0.2) is 0 Å². The van der Waals surface area contributed by atoms with Crippen LogP contribution < -0.4 is 10.6 Å². The molecule has 0 aliphatic carbocycles. The van der Waals surface area contributed by atoms with Crippen molar-refractivity contribution in [1.82, 2.24) is 0 Å². The summed E-state index contributed by atoms with van der Waals surface area (Å²) in [7, 11) is -2.91. The third kappa shape index (κ3) is 4.30. The van der Waals surface area contributed by atoms with Crippen molar-refractivity contribution in [3.05, 3.63) is 24.3 Å². The SMILES string of the molecule is CC1(C)CC(=O)Nc2ccccc2NC(=O)CC(C)(C)S(=O)(=O)S1. The van der Waals surface area contributed by atoms with E-state index in [1.165, 1.54) is 13.8 Å². The monoisotopic (exact) mass is 370 g/mol. The molecule has 2 amide bonds. The third-order valence-electron chi connectivity index (χ3n) is 3.66. The van der Waals surface area contributed by atoms with Gasteiger partial charge in [0.1, 0.15) is 0 Å². The van der Waals surface area contributed by atoms with Crippen LogP contribution in [0.25, 0.3) is 0 Å². The van der Waals surface area contributed by atoms with Crippen molar-refractivity contribution in [2.45, 2.75) is 50.0 Å². The molecule has 2 rings (SSSR count). The number of benzene rings is 1. The fourth-order valence-corrected chi connectivity index (χ4v) is 6.52. The van der Waals surface area contributed by atoms with E-state index in [1.54, 1.807) is 38.1 Å². The van der Waals surface area contributed by atoms with Gasteiger partial charge in [0.2, 0.25) is 20.7 Å². The van der Waals surface area contributed by atoms with E-state index < -0.39 is 24.3 Å². The van der Waals surface area contributed by atoms with Gasteiger partial charge in [-0.05, 0) is 50.6 Å². The molecule has 6 nitrogen and oxygen atoms in total. The van der Waals surface area contributed by atoms with Gasteiger partial charge in [0.25, 0.3) is 0 Å². The van der Waals surface area contributed by atoms with E-state index in [-0.39, 0.29) is 18.7 Å². The lowest BCUT2D eigenvalue weighted by Gasteiger charge is -2.30. The molecule has 8 heteroatoms. The summed E-state index contributed by atoms with van der Waals surface area (Å²) >= 11 is 0. The van der Waals surface area contributed by atoms with Crippen LogP contribution in [0.4, 0.5) is 11.4 Å². The van der Waals surface area contributed by atoms with Crippen LogP contribution in [0.3, 0.4) is 0 Å². The molecule has 1 aromatic rings. The molecule has 1 aliphatic heterocycles. The highest BCUT2D eigenvalue weighted by Crippen LogP contribution is 2.41. The van der Waals surface area contributed by atoms with Crippen molar-refractivity contribution in [2.24, 2.45) is 0 Å². The highest BCUT2D eigenvalue weighted by Gasteiger charge is 2.42. The van der Waals surface area contributed by atoms with Gasteiger partial charge in [0, 0.05) is 17.6 Å². The van der Waals surface area contributed by atoms with Crippen molar-refractivity contribution in [2.75, 3.05) is 10.6 Å². The van der Waals surface area contributed by atoms with E-state index >= 15 is 0 Å². The maximum Gasteiger partial charge on any atom is 0.226 e. The lowest BCUT2D eigenvalue weighted by Crippen LogP contribution is -2.38. The van der Waals surface area contributed by atoms with Gasteiger partial charge in [0.05, 0.1) is 16.1 Å². The van der Waals surface area contributed by atoms with Gasteiger partial charge in [-0.25, -0.2) is 8.42 Å². The van der Waals surface area contributed by atoms with Gasteiger partial charge >= 0.3 is 0 Å². The van der Waals surface area contributed by atoms with Gasteiger partial charge in [-0.2, -0.15) is 0 Å². The molecular weight excluding hydrogens is 348 g/mol. The second-order valence-electron chi connectivity index (χ2n) is 7.05. The lowest BCUT2D eigenvalue weighted by molar-refractivity contribution is -0.117. The van der Waals surface area contributed by atoms with Crippen molar-refractivity contribution in [1.29, 1.82) is 0 Å². The zero-order valence-electron chi connectivity index (χ0n) is 14.2. The van der Waals surface area contributed by atoms with E-state index in [1.807, 2.05) is 0 Å². The molecule has 0 radical (unpaired) electrons. The summed E-state index contributed by atoms with van der Waals surface area (Å²) in [5.74, 6) is -0.716. The molecule has 0 spiro atoms. The normalized spacial score (nSPS) is 23.0. The van der Waals surface area contributed by atoms with Crippen LogP contribution in [-0.2, 0) is 18.5 Å². The minimum atomic E-state index is -3.65. The topological polar surface area (TPSA) is 92.3 Å². The van der Waals surface area contributed by atoms with Crippen LogP contribution in [0.5, 0.6) is 0 Å². The van der Waals surface area contributed by atoms with Crippen LogP contribution in [-0.4, -0.2) is 29.7 Å². The molecule has 0 atom stereocenters. The molecule has 0 aromatic heterocycles. The van der Waals surface area contributed by atoms with E-state index in [0.717, 1.165) is 10.8 Å². The van der Waals surface area contributed by atoms with Crippen LogP contribution in [0, 0.1) is 0 Å². The van der Waals surface area contributed by atoms with Gasteiger partial charge in [-0.3, -0.25) is 9.59 Å². The van der Waals surface area contributed by atoms with Crippen LogP contribution >= 0.6 is 10.8 Å². The number of hydrogen-bond donors (Lipinski definition) is 2. The van der Waals surface area contributed by atoms with E-state index in [9.17, 15) is 18.0 Å². The largest absolute Gasteiger partial charge is 0.324 e. The smallest absolute Gasteiger partial charge is 0.226 e. The van der Waals surface area contributed by atoms with Crippen molar-refractivity contribution < 1.29 is 18.0 Å². The summed E-state index contributed by atoms with van der Waals surface area (Å²) in [6, 6.07) is 6.85. The number of carbonyl (C=O) groups is 2.